The summed E-state index contributed by atoms with van der Waals surface area (Å²) in [5, 5.41) is 0. The van der Waals surface area contributed by atoms with Gasteiger partial charge in [0.15, 0.2) is 0 Å². The molecule has 0 spiro atoms. The SMILES string of the molecule is C[C@@H]1CCCN([C@H](CN)c2ccc3c(c2)CCO3)C1. The van der Waals surface area contributed by atoms with Gasteiger partial charge in [0.05, 0.1) is 6.61 Å². The summed E-state index contributed by atoms with van der Waals surface area (Å²) in [6.07, 6.45) is 3.69. The number of nitrogens with zero attached hydrogens (tertiary/aromatic N) is 1. The number of hydrogen-bond acceptors (Lipinski definition) is 3. The van der Waals surface area contributed by atoms with Crippen molar-refractivity contribution in [2.45, 2.75) is 32.2 Å². The van der Waals surface area contributed by atoms with Crippen molar-refractivity contribution >= 4 is 0 Å². The maximum atomic E-state index is 6.05. The quantitative estimate of drug-likeness (QED) is 0.906. The molecule has 0 unspecified atom stereocenters. The number of likely N-dealkylation sites (tertiary alicyclic amines) is 1. The van der Waals surface area contributed by atoms with Crippen molar-refractivity contribution in [3.8, 4) is 5.75 Å². The van der Waals surface area contributed by atoms with Gasteiger partial charge in [-0.05, 0) is 42.5 Å². The maximum absolute atomic E-state index is 6.05. The lowest BCUT2D eigenvalue weighted by atomic mass is 9.95. The molecule has 0 radical (unpaired) electrons. The lowest BCUT2D eigenvalue weighted by Crippen LogP contribution is -2.40. The van der Waals surface area contributed by atoms with Crippen LogP contribution in [0.25, 0.3) is 0 Å². The Morgan fingerprint density at radius 2 is 2.37 bits per heavy atom. The Balaban J connectivity index is 1.81. The first-order chi connectivity index (χ1) is 9.28. The third-order valence-corrected chi connectivity index (χ3v) is 4.45. The molecule has 2 atom stereocenters. The minimum Gasteiger partial charge on any atom is -0.493 e. The Morgan fingerprint density at radius 3 is 3.16 bits per heavy atom. The molecule has 0 bridgehead atoms. The number of benzene rings is 1. The average Bonchev–Trinajstić information content (AvgIpc) is 2.87. The summed E-state index contributed by atoms with van der Waals surface area (Å²) >= 11 is 0. The Kier molecular flexibility index (Phi) is 3.76. The van der Waals surface area contributed by atoms with Crippen molar-refractivity contribution in [2.75, 3.05) is 26.2 Å². The molecule has 2 heterocycles. The largest absolute Gasteiger partial charge is 0.493 e. The summed E-state index contributed by atoms with van der Waals surface area (Å²) < 4.78 is 5.58. The zero-order valence-corrected chi connectivity index (χ0v) is 11.8. The van der Waals surface area contributed by atoms with Gasteiger partial charge in [0.2, 0.25) is 0 Å². The molecule has 2 N–H and O–H groups in total. The van der Waals surface area contributed by atoms with E-state index in [9.17, 15) is 0 Å². The van der Waals surface area contributed by atoms with Gasteiger partial charge >= 0.3 is 0 Å². The van der Waals surface area contributed by atoms with E-state index in [2.05, 4.69) is 30.0 Å². The lowest BCUT2D eigenvalue weighted by molar-refractivity contribution is 0.133. The molecule has 0 amide bonds. The van der Waals surface area contributed by atoms with Crippen molar-refractivity contribution in [3.63, 3.8) is 0 Å². The third kappa shape index (κ3) is 2.63. The van der Waals surface area contributed by atoms with E-state index in [1.54, 1.807) is 0 Å². The standard InChI is InChI=1S/C16H24N2O/c1-12-3-2-7-18(11-12)15(10-17)13-4-5-16-14(9-13)6-8-19-16/h4-5,9,12,15H,2-3,6-8,10-11,17H2,1H3/t12-,15-/m1/s1. The molecule has 1 aromatic rings. The predicted molar refractivity (Wildman–Crippen MR) is 77.4 cm³/mol. The zero-order valence-electron chi connectivity index (χ0n) is 11.8. The monoisotopic (exact) mass is 260 g/mol. The predicted octanol–water partition coefficient (Wildman–Crippen LogP) is 2.35. The summed E-state index contributed by atoms with van der Waals surface area (Å²) in [7, 11) is 0. The highest BCUT2D eigenvalue weighted by molar-refractivity contribution is 5.41. The van der Waals surface area contributed by atoms with E-state index >= 15 is 0 Å². The van der Waals surface area contributed by atoms with Gasteiger partial charge in [-0.25, -0.2) is 0 Å². The van der Waals surface area contributed by atoms with Crippen LogP contribution in [0.15, 0.2) is 18.2 Å². The van der Waals surface area contributed by atoms with E-state index in [4.69, 9.17) is 10.5 Å². The summed E-state index contributed by atoms with van der Waals surface area (Å²) in [6.45, 7) is 6.23. The van der Waals surface area contributed by atoms with Crippen LogP contribution in [0.5, 0.6) is 5.75 Å². The molecule has 1 saturated heterocycles. The van der Waals surface area contributed by atoms with Gasteiger partial charge in [-0.3, -0.25) is 4.90 Å². The van der Waals surface area contributed by atoms with Crippen molar-refractivity contribution < 1.29 is 4.74 Å². The van der Waals surface area contributed by atoms with E-state index < -0.39 is 0 Å². The summed E-state index contributed by atoms with van der Waals surface area (Å²) in [6, 6.07) is 6.99. The average molecular weight is 260 g/mol. The minimum atomic E-state index is 0.369. The van der Waals surface area contributed by atoms with Crippen LogP contribution in [0.2, 0.25) is 0 Å². The van der Waals surface area contributed by atoms with Gasteiger partial charge in [0, 0.05) is 25.6 Å². The van der Waals surface area contributed by atoms with Crippen LogP contribution in [-0.4, -0.2) is 31.1 Å². The Labute approximate surface area is 115 Å². The van der Waals surface area contributed by atoms with Gasteiger partial charge in [-0.15, -0.1) is 0 Å². The normalized spacial score (nSPS) is 24.8. The smallest absolute Gasteiger partial charge is 0.122 e. The van der Waals surface area contributed by atoms with Gasteiger partial charge in [-0.1, -0.05) is 19.1 Å². The van der Waals surface area contributed by atoms with E-state index in [1.807, 2.05) is 0 Å². The number of ether oxygens (including phenoxy) is 1. The zero-order chi connectivity index (χ0) is 13.2. The van der Waals surface area contributed by atoms with Gasteiger partial charge in [0.25, 0.3) is 0 Å². The van der Waals surface area contributed by atoms with Crippen molar-refractivity contribution in [2.24, 2.45) is 11.7 Å². The van der Waals surface area contributed by atoms with E-state index in [0.717, 1.165) is 24.7 Å². The van der Waals surface area contributed by atoms with E-state index in [-0.39, 0.29) is 0 Å². The molecule has 3 nitrogen and oxygen atoms in total. The second kappa shape index (κ2) is 5.51. The minimum absolute atomic E-state index is 0.369. The fourth-order valence-corrected chi connectivity index (χ4v) is 3.42. The molecule has 0 saturated carbocycles. The van der Waals surface area contributed by atoms with Crippen molar-refractivity contribution in [3.05, 3.63) is 29.3 Å². The molecule has 1 fully saturated rings. The van der Waals surface area contributed by atoms with Crippen molar-refractivity contribution in [1.29, 1.82) is 0 Å². The molecule has 2 aliphatic rings. The van der Waals surface area contributed by atoms with E-state index in [1.165, 1.54) is 37.1 Å². The molecule has 2 aliphatic heterocycles. The van der Waals surface area contributed by atoms with Gasteiger partial charge < -0.3 is 10.5 Å². The van der Waals surface area contributed by atoms with Crippen molar-refractivity contribution in [1.82, 2.24) is 4.90 Å². The molecular formula is C16H24N2O. The van der Waals surface area contributed by atoms with Crippen LogP contribution in [0.4, 0.5) is 0 Å². The van der Waals surface area contributed by atoms with Gasteiger partial charge in [0.1, 0.15) is 5.75 Å². The second-order valence-electron chi connectivity index (χ2n) is 5.96. The highest BCUT2D eigenvalue weighted by atomic mass is 16.5. The first kappa shape index (κ1) is 12.9. The molecule has 0 aromatic heterocycles. The van der Waals surface area contributed by atoms with Crippen LogP contribution >= 0.6 is 0 Å². The lowest BCUT2D eigenvalue weighted by Gasteiger charge is -2.37. The Bertz CT molecular complexity index is 446. The topological polar surface area (TPSA) is 38.5 Å². The molecule has 1 aromatic carbocycles. The van der Waals surface area contributed by atoms with Gasteiger partial charge in [-0.2, -0.15) is 0 Å². The molecule has 104 valence electrons. The van der Waals surface area contributed by atoms with Crippen LogP contribution in [0.1, 0.15) is 36.9 Å². The first-order valence-corrected chi connectivity index (χ1v) is 7.47. The molecule has 19 heavy (non-hydrogen) atoms. The fraction of sp³-hybridized carbons (Fsp3) is 0.625. The first-order valence-electron chi connectivity index (χ1n) is 7.47. The van der Waals surface area contributed by atoms with E-state index in [0.29, 0.717) is 12.6 Å². The Hall–Kier alpha value is -1.06. The molecule has 0 aliphatic carbocycles. The highest BCUT2D eigenvalue weighted by Gasteiger charge is 2.25. The molecule has 3 heteroatoms. The number of hydrogen-bond donors (Lipinski definition) is 1. The number of rotatable bonds is 3. The second-order valence-corrected chi connectivity index (χ2v) is 5.96. The third-order valence-electron chi connectivity index (χ3n) is 4.45. The van der Waals surface area contributed by atoms with Crippen LogP contribution in [-0.2, 0) is 6.42 Å². The number of nitrogens with two attached hydrogens (primary N) is 1. The fourth-order valence-electron chi connectivity index (χ4n) is 3.42. The highest BCUT2D eigenvalue weighted by Crippen LogP contribution is 2.31. The summed E-state index contributed by atoms with van der Waals surface area (Å²) in [4.78, 5) is 2.56. The number of fused-ring (bicyclic) bond motifs is 1. The Morgan fingerprint density at radius 1 is 1.47 bits per heavy atom. The number of piperidine rings is 1. The van der Waals surface area contributed by atoms with Crippen LogP contribution < -0.4 is 10.5 Å². The van der Waals surface area contributed by atoms with Crippen LogP contribution in [0, 0.1) is 5.92 Å². The van der Waals surface area contributed by atoms with Crippen LogP contribution in [0.3, 0.4) is 0 Å². The maximum Gasteiger partial charge on any atom is 0.122 e. The summed E-state index contributed by atoms with van der Waals surface area (Å²) in [5.41, 5.74) is 8.76. The summed E-state index contributed by atoms with van der Waals surface area (Å²) in [5.74, 6) is 1.85. The molecular weight excluding hydrogens is 236 g/mol. The molecule has 3 rings (SSSR count).